The first-order valence-corrected chi connectivity index (χ1v) is 4.64. The summed E-state index contributed by atoms with van der Waals surface area (Å²) in [7, 11) is 1.34. The second kappa shape index (κ2) is 3.40. The van der Waals surface area contributed by atoms with Gasteiger partial charge in [-0.15, -0.1) is 0 Å². The number of hydrogen-bond donors (Lipinski definition) is 0. The van der Waals surface area contributed by atoms with Gasteiger partial charge in [-0.1, -0.05) is 0 Å². The zero-order valence-corrected chi connectivity index (χ0v) is 8.14. The summed E-state index contributed by atoms with van der Waals surface area (Å²) < 4.78 is 42.9. The van der Waals surface area contributed by atoms with E-state index in [0.29, 0.717) is 0 Å². The number of aromatic nitrogens is 1. The maximum absolute atomic E-state index is 12.7. The van der Waals surface area contributed by atoms with Crippen LogP contribution in [0.15, 0.2) is 12.3 Å². The monoisotopic (exact) mass is 217 g/mol. The van der Waals surface area contributed by atoms with Gasteiger partial charge in [-0.3, -0.25) is 0 Å². The fourth-order valence-electron chi connectivity index (χ4n) is 1.63. The van der Waals surface area contributed by atoms with Gasteiger partial charge in [-0.25, -0.2) is 4.98 Å². The lowest BCUT2D eigenvalue weighted by molar-refractivity contribution is -0.138. The lowest BCUT2D eigenvalue weighted by Crippen LogP contribution is -2.10. The normalized spacial score (nSPS) is 16.5. The van der Waals surface area contributed by atoms with Crippen LogP contribution in [0, 0.1) is 0 Å². The van der Waals surface area contributed by atoms with Crippen LogP contribution < -0.4 is 4.74 Å². The van der Waals surface area contributed by atoms with E-state index in [2.05, 4.69) is 4.98 Å². The van der Waals surface area contributed by atoms with E-state index >= 15 is 0 Å². The Balaban J connectivity index is 2.53. The quantitative estimate of drug-likeness (QED) is 0.759. The Labute approximate surface area is 85.1 Å². The first-order chi connectivity index (χ1) is 7.04. The molecule has 0 amide bonds. The van der Waals surface area contributed by atoms with E-state index in [4.69, 9.17) is 4.74 Å². The van der Waals surface area contributed by atoms with Crippen molar-refractivity contribution in [2.75, 3.05) is 7.11 Å². The van der Waals surface area contributed by atoms with E-state index < -0.39 is 11.7 Å². The number of hydrogen-bond acceptors (Lipinski definition) is 2. The molecular weight excluding hydrogens is 207 g/mol. The number of alkyl halides is 3. The van der Waals surface area contributed by atoms with E-state index in [0.717, 1.165) is 25.1 Å². The summed E-state index contributed by atoms with van der Waals surface area (Å²) in [6.45, 7) is 0. The predicted octanol–water partition coefficient (Wildman–Crippen LogP) is 2.99. The fraction of sp³-hybridized carbons (Fsp3) is 0.500. The molecule has 1 aromatic rings. The molecule has 0 aromatic carbocycles. The molecule has 0 atom stereocenters. The van der Waals surface area contributed by atoms with E-state index in [9.17, 15) is 13.2 Å². The van der Waals surface area contributed by atoms with Crippen LogP contribution in [0.4, 0.5) is 13.2 Å². The van der Waals surface area contributed by atoms with Crippen LogP contribution in [0.2, 0.25) is 0 Å². The number of nitrogens with zero attached hydrogens (tertiary/aromatic N) is 1. The van der Waals surface area contributed by atoms with E-state index in [1.165, 1.54) is 7.11 Å². The molecule has 5 heteroatoms. The number of pyridine rings is 1. The van der Waals surface area contributed by atoms with Crippen LogP contribution in [-0.4, -0.2) is 12.1 Å². The summed E-state index contributed by atoms with van der Waals surface area (Å²) in [5, 5.41) is 0. The molecule has 1 aliphatic rings. The van der Waals surface area contributed by atoms with Gasteiger partial charge >= 0.3 is 6.18 Å². The summed E-state index contributed by atoms with van der Waals surface area (Å²) in [5.41, 5.74) is -0.399. The number of rotatable bonds is 2. The van der Waals surface area contributed by atoms with Crippen molar-refractivity contribution in [3.05, 3.63) is 23.4 Å². The maximum atomic E-state index is 12.7. The Hall–Kier alpha value is -1.26. The van der Waals surface area contributed by atoms with Crippen molar-refractivity contribution in [1.29, 1.82) is 0 Å². The lowest BCUT2D eigenvalue weighted by Gasteiger charge is -2.14. The summed E-state index contributed by atoms with van der Waals surface area (Å²) in [4.78, 5) is 3.81. The average molecular weight is 217 g/mol. The molecule has 1 aromatic heterocycles. The van der Waals surface area contributed by atoms with Gasteiger partial charge in [0.15, 0.2) is 0 Å². The molecule has 0 saturated heterocycles. The molecule has 0 N–H and O–H groups in total. The summed E-state index contributed by atoms with van der Waals surface area (Å²) in [6.07, 6.45) is -1.63. The Kier molecular flexibility index (Phi) is 2.32. The van der Waals surface area contributed by atoms with Crippen LogP contribution in [-0.2, 0) is 6.18 Å². The van der Waals surface area contributed by atoms with Crippen LogP contribution in [0.25, 0.3) is 0 Å². The predicted molar refractivity (Wildman–Crippen MR) is 47.8 cm³/mol. The summed E-state index contributed by atoms with van der Waals surface area (Å²) >= 11 is 0. The van der Waals surface area contributed by atoms with Crippen LogP contribution >= 0.6 is 0 Å². The Morgan fingerprint density at radius 2 is 2.07 bits per heavy atom. The molecule has 1 heterocycles. The van der Waals surface area contributed by atoms with Gasteiger partial charge in [0.2, 0.25) is 5.88 Å². The van der Waals surface area contributed by atoms with Gasteiger partial charge < -0.3 is 4.74 Å². The zero-order chi connectivity index (χ0) is 11.1. The number of halogens is 3. The zero-order valence-electron chi connectivity index (χ0n) is 8.14. The first-order valence-electron chi connectivity index (χ1n) is 4.64. The van der Waals surface area contributed by atoms with Crippen LogP contribution in [0.5, 0.6) is 5.88 Å². The van der Waals surface area contributed by atoms with Gasteiger partial charge in [-0.05, 0) is 24.8 Å². The van der Waals surface area contributed by atoms with Crippen molar-refractivity contribution < 1.29 is 17.9 Å². The Morgan fingerprint density at radius 3 is 2.53 bits per heavy atom. The number of methoxy groups -OCH3 is 1. The minimum atomic E-state index is -4.33. The molecular formula is C10H10F3NO. The minimum Gasteiger partial charge on any atom is -0.481 e. The molecule has 1 aliphatic carbocycles. The minimum absolute atomic E-state index is 0.0368. The molecule has 1 fully saturated rings. The van der Waals surface area contributed by atoms with Crippen molar-refractivity contribution in [2.45, 2.75) is 24.9 Å². The van der Waals surface area contributed by atoms with Crippen molar-refractivity contribution in [1.82, 2.24) is 4.98 Å². The molecule has 0 unspecified atom stereocenters. The topological polar surface area (TPSA) is 22.1 Å². The molecule has 82 valence electrons. The first kappa shape index (κ1) is 10.3. The van der Waals surface area contributed by atoms with E-state index in [1.807, 2.05) is 0 Å². The molecule has 0 aliphatic heterocycles. The third-order valence-electron chi connectivity index (χ3n) is 2.44. The third-order valence-corrected chi connectivity index (χ3v) is 2.44. The highest BCUT2D eigenvalue weighted by atomic mass is 19.4. The molecule has 15 heavy (non-hydrogen) atoms. The van der Waals surface area contributed by atoms with Gasteiger partial charge in [-0.2, -0.15) is 13.2 Å². The maximum Gasteiger partial charge on any atom is 0.416 e. The second-order valence-corrected chi connectivity index (χ2v) is 3.55. The average Bonchev–Trinajstić information content (AvgIpc) is 2.98. The van der Waals surface area contributed by atoms with Crippen molar-refractivity contribution in [2.24, 2.45) is 0 Å². The summed E-state index contributed by atoms with van der Waals surface area (Å²) in [6, 6.07) is 1.01. The van der Waals surface area contributed by atoms with Crippen molar-refractivity contribution >= 4 is 0 Å². The van der Waals surface area contributed by atoms with Gasteiger partial charge in [0.25, 0.3) is 0 Å². The Bertz CT molecular complexity index is 371. The molecule has 0 spiro atoms. The molecule has 2 nitrogen and oxygen atoms in total. The standard InChI is InChI=1S/C10H10F3NO/c1-15-9-8(6-2-3-6)7(4-5-14-9)10(11,12)13/h4-6H,2-3H2,1H3. The fourth-order valence-corrected chi connectivity index (χ4v) is 1.63. The van der Waals surface area contributed by atoms with Crippen LogP contribution in [0.1, 0.15) is 29.9 Å². The van der Waals surface area contributed by atoms with Crippen molar-refractivity contribution in [3.8, 4) is 5.88 Å². The second-order valence-electron chi connectivity index (χ2n) is 3.55. The van der Waals surface area contributed by atoms with Gasteiger partial charge in [0.1, 0.15) is 0 Å². The highest BCUT2D eigenvalue weighted by molar-refractivity contribution is 5.41. The smallest absolute Gasteiger partial charge is 0.416 e. The molecule has 0 radical (unpaired) electrons. The van der Waals surface area contributed by atoms with Gasteiger partial charge in [0.05, 0.1) is 12.7 Å². The Morgan fingerprint density at radius 1 is 1.40 bits per heavy atom. The molecule has 1 saturated carbocycles. The van der Waals surface area contributed by atoms with E-state index in [1.54, 1.807) is 0 Å². The highest BCUT2D eigenvalue weighted by Gasteiger charge is 2.40. The van der Waals surface area contributed by atoms with Crippen LogP contribution in [0.3, 0.4) is 0 Å². The SMILES string of the molecule is COc1nccc(C(F)(F)F)c1C1CC1. The summed E-state index contributed by atoms with van der Waals surface area (Å²) in [5.74, 6) is 0.0672. The van der Waals surface area contributed by atoms with Crippen molar-refractivity contribution in [3.63, 3.8) is 0 Å². The number of ether oxygens (including phenoxy) is 1. The van der Waals surface area contributed by atoms with E-state index in [-0.39, 0.29) is 17.4 Å². The van der Waals surface area contributed by atoms with Gasteiger partial charge in [0, 0.05) is 11.8 Å². The largest absolute Gasteiger partial charge is 0.481 e. The lowest BCUT2D eigenvalue weighted by atomic mass is 10.1. The third kappa shape index (κ3) is 1.91. The highest BCUT2D eigenvalue weighted by Crippen LogP contribution is 2.48. The molecule has 0 bridgehead atoms. The molecule has 2 rings (SSSR count).